The van der Waals surface area contributed by atoms with E-state index in [9.17, 15) is 4.79 Å². The largest absolute Gasteiger partial charge is 0.338 e. The Bertz CT molecular complexity index is 182. The Morgan fingerprint density at radius 3 is 2.79 bits per heavy atom. The molecular formula is C10H21N3O. The van der Waals surface area contributed by atoms with Gasteiger partial charge in [0.05, 0.1) is 0 Å². The van der Waals surface area contributed by atoms with Crippen molar-refractivity contribution in [2.75, 3.05) is 13.1 Å². The van der Waals surface area contributed by atoms with E-state index in [2.05, 4.69) is 12.0 Å². The van der Waals surface area contributed by atoms with E-state index in [1.54, 1.807) is 4.90 Å². The molecule has 0 spiro atoms. The van der Waals surface area contributed by atoms with Crippen LogP contribution < -0.4 is 11.3 Å². The minimum absolute atomic E-state index is 0.00468. The number of nitrogens with zero attached hydrogens (tertiary/aromatic N) is 1. The molecule has 1 heterocycles. The first-order chi connectivity index (χ1) is 6.77. The summed E-state index contributed by atoms with van der Waals surface area (Å²) in [7, 11) is 0. The van der Waals surface area contributed by atoms with Gasteiger partial charge in [-0.15, -0.1) is 0 Å². The van der Waals surface area contributed by atoms with E-state index in [0.717, 1.165) is 19.4 Å². The number of likely N-dealkylation sites (tertiary alicyclic amines) is 1. The second-order valence-electron chi connectivity index (χ2n) is 2.99. The first kappa shape index (κ1) is 13.1. The highest BCUT2D eigenvalue weighted by atomic mass is 16.2. The fourth-order valence-corrected chi connectivity index (χ4v) is 1.44. The molecule has 3 N–H and O–H groups in total. The summed E-state index contributed by atoms with van der Waals surface area (Å²) < 4.78 is 0. The van der Waals surface area contributed by atoms with Crippen LogP contribution in [0.25, 0.3) is 0 Å². The highest BCUT2D eigenvalue weighted by molar-refractivity contribution is 5.87. The molecule has 4 nitrogen and oxygen atoms in total. The predicted molar refractivity (Wildman–Crippen MR) is 58.5 cm³/mol. The summed E-state index contributed by atoms with van der Waals surface area (Å²) in [4.78, 5) is 12.9. The summed E-state index contributed by atoms with van der Waals surface area (Å²) in [5.74, 6) is 5.29. The lowest BCUT2D eigenvalue weighted by Gasteiger charge is -2.31. The summed E-state index contributed by atoms with van der Waals surface area (Å²) in [6, 6.07) is 0.239. The zero-order valence-corrected chi connectivity index (χ0v) is 9.12. The summed E-state index contributed by atoms with van der Waals surface area (Å²) in [5.41, 5.74) is 2.68. The maximum atomic E-state index is 11.2. The molecule has 0 aromatic rings. The SMILES string of the molecule is C=CC(=O)N1CCC[C@@H](NN)C1.CC. The van der Waals surface area contributed by atoms with Gasteiger partial charge in [0.25, 0.3) is 0 Å². The molecule has 1 fully saturated rings. The number of hydrogen-bond acceptors (Lipinski definition) is 3. The van der Waals surface area contributed by atoms with Crippen molar-refractivity contribution in [1.82, 2.24) is 10.3 Å². The molecule has 1 rings (SSSR count). The van der Waals surface area contributed by atoms with Gasteiger partial charge in [-0.25, -0.2) is 0 Å². The van der Waals surface area contributed by atoms with Gasteiger partial charge in [-0.1, -0.05) is 20.4 Å². The first-order valence-electron chi connectivity index (χ1n) is 5.15. The lowest BCUT2D eigenvalue weighted by molar-refractivity contribution is -0.127. The number of rotatable bonds is 2. The average molecular weight is 199 g/mol. The Morgan fingerprint density at radius 2 is 2.29 bits per heavy atom. The molecule has 0 aromatic heterocycles. The van der Waals surface area contributed by atoms with Gasteiger partial charge in [0.15, 0.2) is 0 Å². The summed E-state index contributed by atoms with van der Waals surface area (Å²) in [5, 5.41) is 0. The number of nitrogens with two attached hydrogens (primary N) is 1. The molecule has 4 heteroatoms. The van der Waals surface area contributed by atoms with Crippen LogP contribution in [-0.4, -0.2) is 29.9 Å². The molecule has 0 bridgehead atoms. The van der Waals surface area contributed by atoms with Crippen LogP contribution in [0.1, 0.15) is 26.7 Å². The highest BCUT2D eigenvalue weighted by Gasteiger charge is 2.20. The Morgan fingerprint density at radius 1 is 1.64 bits per heavy atom. The maximum absolute atomic E-state index is 11.2. The van der Waals surface area contributed by atoms with E-state index < -0.39 is 0 Å². The van der Waals surface area contributed by atoms with Gasteiger partial charge in [-0.3, -0.25) is 16.1 Å². The molecule has 0 radical (unpaired) electrons. The fourth-order valence-electron chi connectivity index (χ4n) is 1.44. The van der Waals surface area contributed by atoms with Gasteiger partial charge < -0.3 is 4.90 Å². The molecule has 0 unspecified atom stereocenters. The lowest BCUT2D eigenvalue weighted by atomic mass is 10.1. The molecule has 1 aliphatic heterocycles. The number of nitrogens with one attached hydrogen (secondary N) is 1. The van der Waals surface area contributed by atoms with Crippen molar-refractivity contribution in [3.8, 4) is 0 Å². The number of amides is 1. The van der Waals surface area contributed by atoms with Gasteiger partial charge in [-0.05, 0) is 18.9 Å². The molecule has 0 aliphatic carbocycles. The van der Waals surface area contributed by atoms with Crippen molar-refractivity contribution in [2.24, 2.45) is 5.84 Å². The van der Waals surface area contributed by atoms with Crippen LogP contribution in [-0.2, 0) is 4.79 Å². The normalized spacial score (nSPS) is 20.8. The summed E-state index contributed by atoms with van der Waals surface area (Å²) in [6.07, 6.45) is 3.39. The molecule has 1 aliphatic rings. The van der Waals surface area contributed by atoms with Crippen LogP contribution in [0.2, 0.25) is 0 Å². The van der Waals surface area contributed by atoms with Crippen LogP contribution in [0, 0.1) is 0 Å². The second-order valence-corrected chi connectivity index (χ2v) is 2.99. The van der Waals surface area contributed by atoms with Gasteiger partial charge in [0.2, 0.25) is 5.91 Å². The number of carbonyl (C=O) groups is 1. The van der Waals surface area contributed by atoms with Crippen molar-refractivity contribution in [1.29, 1.82) is 0 Å². The Balaban J connectivity index is 0.000000791. The molecule has 0 aromatic carbocycles. The molecule has 1 saturated heterocycles. The molecule has 14 heavy (non-hydrogen) atoms. The van der Waals surface area contributed by atoms with E-state index in [-0.39, 0.29) is 11.9 Å². The van der Waals surface area contributed by atoms with E-state index in [1.165, 1.54) is 6.08 Å². The Labute approximate surface area is 86.1 Å². The van der Waals surface area contributed by atoms with E-state index in [0.29, 0.717) is 6.54 Å². The van der Waals surface area contributed by atoms with Crippen LogP contribution in [0.15, 0.2) is 12.7 Å². The topological polar surface area (TPSA) is 58.4 Å². The van der Waals surface area contributed by atoms with Crippen molar-refractivity contribution in [2.45, 2.75) is 32.7 Å². The van der Waals surface area contributed by atoms with Gasteiger partial charge in [-0.2, -0.15) is 0 Å². The summed E-state index contributed by atoms with van der Waals surface area (Å²) in [6.45, 7) is 8.96. The van der Waals surface area contributed by atoms with Crippen molar-refractivity contribution < 1.29 is 4.79 Å². The predicted octanol–water partition coefficient (Wildman–Crippen LogP) is 0.653. The molecule has 1 amide bonds. The van der Waals surface area contributed by atoms with E-state index >= 15 is 0 Å². The molecule has 1 atom stereocenters. The van der Waals surface area contributed by atoms with Crippen LogP contribution in [0.3, 0.4) is 0 Å². The van der Waals surface area contributed by atoms with Gasteiger partial charge in [0, 0.05) is 19.1 Å². The molecule has 82 valence electrons. The smallest absolute Gasteiger partial charge is 0.246 e. The number of carbonyl (C=O) groups excluding carboxylic acids is 1. The summed E-state index contributed by atoms with van der Waals surface area (Å²) >= 11 is 0. The number of hydrazine groups is 1. The standard InChI is InChI=1S/C8H15N3O.C2H6/c1-2-8(12)11-5-3-4-7(6-11)10-9;1-2/h2,7,10H,1,3-6,9H2;1-2H3/t7-;/m1./s1. The van der Waals surface area contributed by atoms with Crippen LogP contribution >= 0.6 is 0 Å². The number of hydrogen-bond donors (Lipinski definition) is 2. The van der Waals surface area contributed by atoms with Crippen molar-refractivity contribution >= 4 is 5.91 Å². The minimum Gasteiger partial charge on any atom is -0.338 e. The fraction of sp³-hybridized carbons (Fsp3) is 0.700. The zero-order valence-electron chi connectivity index (χ0n) is 9.12. The third kappa shape index (κ3) is 3.89. The zero-order chi connectivity index (χ0) is 11.0. The Kier molecular flexibility index (Phi) is 7.06. The maximum Gasteiger partial charge on any atom is 0.246 e. The van der Waals surface area contributed by atoms with Crippen LogP contribution in [0.5, 0.6) is 0 Å². The molecule has 0 saturated carbocycles. The minimum atomic E-state index is -0.00468. The van der Waals surface area contributed by atoms with Gasteiger partial charge >= 0.3 is 0 Å². The third-order valence-electron chi connectivity index (χ3n) is 2.14. The monoisotopic (exact) mass is 199 g/mol. The van der Waals surface area contributed by atoms with Crippen LogP contribution in [0.4, 0.5) is 0 Å². The molecular weight excluding hydrogens is 178 g/mol. The second kappa shape index (κ2) is 7.53. The van der Waals surface area contributed by atoms with Crippen molar-refractivity contribution in [3.05, 3.63) is 12.7 Å². The number of piperidine rings is 1. The van der Waals surface area contributed by atoms with E-state index in [4.69, 9.17) is 5.84 Å². The Hall–Kier alpha value is -0.870. The quantitative estimate of drug-likeness (QED) is 0.390. The van der Waals surface area contributed by atoms with Gasteiger partial charge in [0.1, 0.15) is 0 Å². The third-order valence-corrected chi connectivity index (χ3v) is 2.14. The van der Waals surface area contributed by atoms with E-state index in [1.807, 2.05) is 13.8 Å². The highest BCUT2D eigenvalue weighted by Crippen LogP contribution is 2.09. The van der Waals surface area contributed by atoms with Crippen molar-refractivity contribution in [3.63, 3.8) is 0 Å². The first-order valence-corrected chi connectivity index (χ1v) is 5.15. The lowest BCUT2D eigenvalue weighted by Crippen LogP contribution is -2.49. The average Bonchev–Trinajstić information content (AvgIpc) is 2.30.